The van der Waals surface area contributed by atoms with Gasteiger partial charge in [0.15, 0.2) is 8.32 Å². The molecule has 0 aromatic heterocycles. The molecule has 0 saturated heterocycles. The molecule has 0 N–H and O–H groups in total. The average Bonchev–Trinajstić information content (AvgIpc) is 2.51. The highest BCUT2D eigenvalue weighted by Crippen LogP contribution is 2.34. The van der Waals surface area contributed by atoms with Crippen LogP contribution >= 0.6 is 15.9 Å². The van der Waals surface area contributed by atoms with Crippen molar-refractivity contribution in [3.05, 3.63) is 29.8 Å². The Hall–Kier alpha value is -0.613. The third-order valence-electron chi connectivity index (χ3n) is 4.19. The maximum atomic E-state index is 12.6. The Labute approximate surface area is 162 Å². The van der Waals surface area contributed by atoms with E-state index in [1.807, 2.05) is 34.6 Å². The van der Waals surface area contributed by atoms with Crippen molar-refractivity contribution in [1.29, 1.82) is 0 Å². The monoisotopic (exact) mass is 444 g/mol. The van der Waals surface area contributed by atoms with Gasteiger partial charge in [-0.05, 0) is 44.0 Å². The highest BCUT2D eigenvalue weighted by atomic mass is 79.9. The van der Waals surface area contributed by atoms with Gasteiger partial charge < -0.3 is 4.43 Å². The van der Waals surface area contributed by atoms with Crippen molar-refractivity contribution < 1.29 is 12.8 Å². The smallest absolute Gasteiger partial charge is 0.245 e. The van der Waals surface area contributed by atoms with Crippen molar-refractivity contribution in [2.45, 2.75) is 58.2 Å². The largest absolute Gasteiger partial charge is 0.400 e. The predicted molar refractivity (Wildman–Crippen MR) is 111 cm³/mol. The van der Waals surface area contributed by atoms with E-state index >= 15 is 0 Å². The molecule has 0 fully saturated rings. The zero-order valence-corrected chi connectivity index (χ0v) is 19.6. The number of hydrogen-bond donors (Lipinski definition) is 0. The Balaban J connectivity index is 3.40. The third-order valence-corrected chi connectivity index (χ3v) is 11.0. The van der Waals surface area contributed by atoms with Gasteiger partial charge in [0.25, 0.3) is 0 Å². The van der Waals surface area contributed by atoms with Crippen molar-refractivity contribution in [3.63, 3.8) is 0 Å². The lowest BCUT2D eigenvalue weighted by molar-refractivity contribution is 0.0275. The summed E-state index contributed by atoms with van der Waals surface area (Å²) in [7, 11) is -5.68. The van der Waals surface area contributed by atoms with Gasteiger partial charge in [-0.2, -0.15) is 0 Å². The van der Waals surface area contributed by atoms with E-state index in [0.717, 1.165) is 10.5 Å². The second-order valence-electron chi connectivity index (χ2n) is 7.64. The first-order chi connectivity index (χ1) is 11.4. The molecule has 0 bridgehead atoms. The second kappa shape index (κ2) is 8.39. The third kappa shape index (κ3) is 5.68. The fourth-order valence-electron chi connectivity index (χ4n) is 2.62. The molecular formula is C19H29BrO3SSi. The van der Waals surface area contributed by atoms with Crippen LogP contribution in [0.25, 0.3) is 0 Å². The van der Waals surface area contributed by atoms with Crippen LogP contribution in [0.3, 0.4) is 0 Å². The molecule has 0 amide bonds. The first kappa shape index (κ1) is 22.4. The number of halogens is 1. The molecule has 0 radical (unpaired) electrons. The number of benzene rings is 1. The number of aryl methyl sites for hydroxylation is 1. The molecule has 0 heterocycles. The van der Waals surface area contributed by atoms with Crippen LogP contribution < -0.4 is 0 Å². The Kier molecular flexibility index (Phi) is 7.52. The molecular weight excluding hydrogens is 416 g/mol. The van der Waals surface area contributed by atoms with E-state index in [4.69, 9.17) is 4.43 Å². The molecule has 1 rings (SSSR count). The number of sulfone groups is 1. The highest BCUT2D eigenvalue weighted by Gasteiger charge is 2.42. The molecule has 0 spiro atoms. The van der Waals surface area contributed by atoms with Crippen LogP contribution in [0.1, 0.15) is 33.3 Å². The van der Waals surface area contributed by atoms with E-state index in [2.05, 4.69) is 40.2 Å². The minimum atomic E-state index is -3.68. The molecule has 0 atom stereocenters. The summed E-state index contributed by atoms with van der Waals surface area (Å²) < 4.78 is 31.8. The van der Waals surface area contributed by atoms with Gasteiger partial charge in [-0.3, -0.25) is 0 Å². The molecule has 0 aliphatic rings. The molecule has 0 aliphatic heterocycles. The Morgan fingerprint density at radius 3 is 2.00 bits per heavy atom. The van der Waals surface area contributed by atoms with Gasteiger partial charge >= 0.3 is 0 Å². The lowest BCUT2D eigenvalue weighted by atomic mass is 9.81. The van der Waals surface area contributed by atoms with Crippen molar-refractivity contribution in [1.82, 2.24) is 0 Å². The summed E-state index contributed by atoms with van der Waals surface area (Å²) in [5.74, 6) is 3.17. The molecule has 0 unspecified atom stereocenters. The zero-order valence-electron chi connectivity index (χ0n) is 16.2. The standard InChI is InChI=1S/C19H29BrO3SSi/c1-15(2)19(16(3)4,23-25(6,7)14-20)12-13-24(21,22)18-10-8-17(5)9-11-18/h8-11,15-16H,14H2,1-7H3. The molecule has 140 valence electrons. The summed E-state index contributed by atoms with van der Waals surface area (Å²) in [6.45, 7) is 14.3. The molecule has 1 aromatic carbocycles. The van der Waals surface area contributed by atoms with Crippen LogP contribution in [-0.4, -0.2) is 27.3 Å². The Morgan fingerprint density at radius 1 is 1.12 bits per heavy atom. The zero-order chi connectivity index (χ0) is 19.5. The van der Waals surface area contributed by atoms with Gasteiger partial charge in [0.1, 0.15) is 5.60 Å². The molecule has 1 aromatic rings. The lowest BCUT2D eigenvalue weighted by Crippen LogP contribution is -2.51. The Bertz CT molecular complexity index is 733. The van der Waals surface area contributed by atoms with Crippen molar-refractivity contribution in [2.75, 3.05) is 4.95 Å². The lowest BCUT2D eigenvalue weighted by Gasteiger charge is -2.42. The van der Waals surface area contributed by atoms with Crippen LogP contribution in [0.5, 0.6) is 0 Å². The maximum absolute atomic E-state index is 12.6. The highest BCUT2D eigenvalue weighted by molar-refractivity contribution is 9.09. The fourth-order valence-corrected chi connectivity index (χ4v) is 5.37. The molecule has 25 heavy (non-hydrogen) atoms. The van der Waals surface area contributed by atoms with Crippen molar-refractivity contribution in [2.24, 2.45) is 11.8 Å². The maximum Gasteiger partial charge on any atom is 0.245 e. The molecule has 6 heteroatoms. The van der Waals surface area contributed by atoms with E-state index in [1.165, 1.54) is 0 Å². The molecule has 0 aliphatic carbocycles. The predicted octanol–water partition coefficient (Wildman–Crippen LogP) is 4.94. The summed E-state index contributed by atoms with van der Waals surface area (Å²) in [4.78, 5) is 0.997. The van der Waals surface area contributed by atoms with E-state index in [0.29, 0.717) is 0 Å². The van der Waals surface area contributed by atoms with Crippen molar-refractivity contribution in [3.8, 4) is 11.2 Å². The molecule has 3 nitrogen and oxygen atoms in total. The van der Waals surface area contributed by atoms with Crippen LogP contribution in [0.2, 0.25) is 13.1 Å². The number of rotatable bonds is 6. The number of hydrogen-bond acceptors (Lipinski definition) is 3. The van der Waals surface area contributed by atoms with Gasteiger partial charge in [0.2, 0.25) is 9.84 Å². The summed E-state index contributed by atoms with van der Waals surface area (Å²) in [5.41, 5.74) is 0.223. The van der Waals surface area contributed by atoms with E-state index in [9.17, 15) is 8.42 Å². The van der Waals surface area contributed by atoms with E-state index < -0.39 is 23.8 Å². The normalized spacial score (nSPS) is 13.0. The van der Waals surface area contributed by atoms with Crippen LogP contribution in [-0.2, 0) is 14.3 Å². The first-order valence-corrected chi connectivity index (χ1v) is 14.2. The van der Waals surface area contributed by atoms with Gasteiger partial charge in [-0.25, -0.2) is 8.42 Å². The minimum Gasteiger partial charge on any atom is -0.400 e. The summed E-state index contributed by atoms with van der Waals surface area (Å²) in [5, 5.41) is 2.55. The van der Waals surface area contributed by atoms with Crippen LogP contribution in [0.4, 0.5) is 0 Å². The van der Waals surface area contributed by atoms with Crippen LogP contribution in [0, 0.1) is 29.9 Å². The first-order valence-electron chi connectivity index (χ1n) is 8.48. The molecule has 0 saturated carbocycles. The average molecular weight is 445 g/mol. The van der Waals surface area contributed by atoms with Crippen molar-refractivity contribution >= 4 is 34.1 Å². The SMILES string of the molecule is Cc1ccc(S(=O)(=O)C#CC(O[Si](C)(C)CBr)(C(C)C)C(C)C)cc1. The number of alkyl halides is 1. The van der Waals surface area contributed by atoms with Gasteiger partial charge in [-0.1, -0.05) is 67.2 Å². The summed E-state index contributed by atoms with van der Waals surface area (Å²) >= 11 is 3.53. The van der Waals surface area contributed by atoms with Gasteiger partial charge in [0.05, 0.1) is 4.90 Å². The summed E-state index contributed by atoms with van der Waals surface area (Å²) in [6, 6.07) is 6.77. The quantitative estimate of drug-likeness (QED) is 0.270. The fraction of sp³-hybridized carbons (Fsp3) is 0.579. The second-order valence-corrected chi connectivity index (χ2v) is 15.0. The van der Waals surface area contributed by atoms with E-state index in [1.54, 1.807) is 24.3 Å². The van der Waals surface area contributed by atoms with Gasteiger partial charge in [0, 0.05) is 10.2 Å². The Morgan fingerprint density at radius 2 is 1.60 bits per heavy atom. The van der Waals surface area contributed by atoms with Gasteiger partial charge in [-0.15, -0.1) is 0 Å². The van der Waals surface area contributed by atoms with E-state index in [-0.39, 0.29) is 16.7 Å². The minimum absolute atomic E-state index is 0.0686. The van der Waals surface area contributed by atoms with Crippen LogP contribution in [0.15, 0.2) is 29.2 Å². The summed E-state index contributed by atoms with van der Waals surface area (Å²) in [6.07, 6.45) is 0. The topological polar surface area (TPSA) is 43.4 Å².